The van der Waals surface area contributed by atoms with Crippen LogP contribution < -0.4 is 5.69 Å². The molecule has 0 atom stereocenters. The quantitative estimate of drug-likeness (QED) is 0.511. The normalized spacial score (nSPS) is 17.4. The van der Waals surface area contributed by atoms with Gasteiger partial charge in [0.05, 0.1) is 5.69 Å². The van der Waals surface area contributed by atoms with Gasteiger partial charge in [0.15, 0.2) is 0 Å². The van der Waals surface area contributed by atoms with Crippen molar-refractivity contribution in [2.24, 2.45) is 0 Å². The summed E-state index contributed by atoms with van der Waals surface area (Å²) in [6.07, 6.45) is 2.91. The number of hydrogen-bond acceptors (Lipinski definition) is 2. The lowest BCUT2D eigenvalue weighted by Crippen LogP contribution is -2.34. The molecule has 0 radical (unpaired) electrons. The molecule has 4 rings (SSSR count). The van der Waals surface area contributed by atoms with Crippen LogP contribution in [0.4, 0.5) is 0 Å². The largest absolute Gasteiger partial charge is 0.493 e. The number of aromatic hydroxyl groups is 1. The van der Waals surface area contributed by atoms with Gasteiger partial charge >= 0.3 is 5.69 Å². The van der Waals surface area contributed by atoms with Crippen LogP contribution in [0.15, 0.2) is 47.3 Å². The van der Waals surface area contributed by atoms with Crippen molar-refractivity contribution in [3.63, 3.8) is 0 Å². The SMILES string of the molecule is CC1(C)CCC(C)(C)c2cc(C(C)(C)c3ccc(Cc4[nH]c(=O)[nH]c4O)cc3)ccc21. The summed E-state index contributed by atoms with van der Waals surface area (Å²) in [7, 11) is 0. The lowest BCUT2D eigenvalue weighted by molar-refractivity contribution is 0.331. The van der Waals surface area contributed by atoms with Crippen molar-refractivity contribution < 1.29 is 5.11 Å². The Balaban J connectivity index is 1.66. The van der Waals surface area contributed by atoms with Crippen LogP contribution in [0.5, 0.6) is 5.88 Å². The van der Waals surface area contributed by atoms with Crippen LogP contribution >= 0.6 is 0 Å². The van der Waals surface area contributed by atoms with E-state index in [1.54, 1.807) is 0 Å². The Morgan fingerprint density at radius 2 is 1.45 bits per heavy atom. The van der Waals surface area contributed by atoms with E-state index in [4.69, 9.17) is 0 Å². The Morgan fingerprint density at radius 3 is 2.03 bits per heavy atom. The summed E-state index contributed by atoms with van der Waals surface area (Å²) in [5, 5.41) is 9.81. The summed E-state index contributed by atoms with van der Waals surface area (Å²) >= 11 is 0. The number of nitrogens with one attached hydrogen (secondary N) is 2. The fourth-order valence-corrected chi connectivity index (χ4v) is 4.93. The Morgan fingerprint density at radius 1 is 0.871 bits per heavy atom. The first kappa shape index (κ1) is 21.5. The van der Waals surface area contributed by atoms with E-state index < -0.39 is 0 Å². The minimum Gasteiger partial charge on any atom is -0.493 e. The maximum absolute atomic E-state index is 11.4. The molecule has 0 saturated carbocycles. The zero-order valence-corrected chi connectivity index (χ0v) is 19.5. The number of benzene rings is 2. The molecule has 3 aromatic rings. The van der Waals surface area contributed by atoms with E-state index >= 15 is 0 Å². The first-order valence-electron chi connectivity index (χ1n) is 11.2. The molecule has 31 heavy (non-hydrogen) atoms. The monoisotopic (exact) mass is 418 g/mol. The van der Waals surface area contributed by atoms with Crippen LogP contribution in [0, 0.1) is 0 Å². The van der Waals surface area contributed by atoms with E-state index in [1.807, 2.05) is 0 Å². The lowest BCUT2D eigenvalue weighted by atomic mass is 9.62. The number of hydrogen-bond donors (Lipinski definition) is 3. The Hall–Kier alpha value is -2.75. The van der Waals surface area contributed by atoms with Gasteiger partial charge in [-0.15, -0.1) is 0 Å². The molecule has 1 heterocycles. The van der Waals surface area contributed by atoms with E-state index in [0.29, 0.717) is 12.1 Å². The second-order valence-corrected chi connectivity index (χ2v) is 10.9. The van der Waals surface area contributed by atoms with Gasteiger partial charge in [0.2, 0.25) is 5.88 Å². The third-order valence-corrected chi connectivity index (χ3v) is 7.41. The number of fused-ring (bicyclic) bond motifs is 1. The molecule has 0 unspecified atom stereocenters. The maximum atomic E-state index is 11.4. The molecule has 0 aliphatic heterocycles. The van der Waals surface area contributed by atoms with E-state index in [2.05, 4.69) is 94.0 Å². The highest BCUT2D eigenvalue weighted by Crippen LogP contribution is 2.47. The first-order chi connectivity index (χ1) is 14.4. The second kappa shape index (κ2) is 7.15. The summed E-state index contributed by atoms with van der Waals surface area (Å²) in [5.41, 5.74) is 7.00. The lowest BCUT2D eigenvalue weighted by Gasteiger charge is -2.43. The molecule has 0 spiro atoms. The molecule has 0 amide bonds. The molecule has 0 saturated heterocycles. The van der Waals surface area contributed by atoms with Gasteiger partial charge in [0.25, 0.3) is 0 Å². The summed E-state index contributed by atoms with van der Waals surface area (Å²) in [6, 6.07) is 15.6. The molecule has 1 aliphatic carbocycles. The third kappa shape index (κ3) is 3.84. The summed E-state index contributed by atoms with van der Waals surface area (Å²) < 4.78 is 0. The van der Waals surface area contributed by atoms with Crippen molar-refractivity contribution in [3.8, 4) is 5.88 Å². The highest BCUT2D eigenvalue weighted by atomic mass is 16.3. The van der Waals surface area contributed by atoms with Crippen molar-refractivity contribution in [2.75, 3.05) is 0 Å². The smallest absolute Gasteiger partial charge is 0.325 e. The van der Waals surface area contributed by atoms with Crippen molar-refractivity contribution >= 4 is 0 Å². The van der Waals surface area contributed by atoms with Gasteiger partial charge in [-0.1, -0.05) is 84.0 Å². The van der Waals surface area contributed by atoms with Gasteiger partial charge in [0.1, 0.15) is 0 Å². The van der Waals surface area contributed by atoms with Gasteiger partial charge in [-0.3, -0.25) is 4.98 Å². The molecule has 1 aromatic heterocycles. The average molecular weight is 419 g/mol. The minimum absolute atomic E-state index is 0.0889. The summed E-state index contributed by atoms with van der Waals surface area (Å²) in [6.45, 7) is 14.0. The van der Waals surface area contributed by atoms with Crippen LogP contribution in [-0.4, -0.2) is 15.1 Å². The van der Waals surface area contributed by atoms with Crippen molar-refractivity contribution in [3.05, 3.63) is 86.5 Å². The number of H-pyrrole nitrogens is 2. The average Bonchev–Trinajstić information content (AvgIpc) is 3.02. The van der Waals surface area contributed by atoms with E-state index in [0.717, 1.165) is 5.56 Å². The number of aromatic amines is 2. The molecule has 1 aliphatic rings. The second-order valence-electron chi connectivity index (χ2n) is 10.9. The summed E-state index contributed by atoms with van der Waals surface area (Å²) in [4.78, 5) is 16.4. The van der Waals surface area contributed by atoms with Crippen LogP contribution in [0.3, 0.4) is 0 Å². The maximum Gasteiger partial charge on any atom is 0.325 e. The van der Waals surface area contributed by atoms with Crippen molar-refractivity contribution in [2.45, 2.75) is 77.0 Å². The van der Waals surface area contributed by atoms with Gasteiger partial charge < -0.3 is 10.1 Å². The van der Waals surface area contributed by atoms with Crippen LogP contribution in [0.25, 0.3) is 0 Å². The topological polar surface area (TPSA) is 68.9 Å². The summed E-state index contributed by atoms with van der Waals surface area (Å²) in [5.74, 6) is -0.0889. The molecule has 4 heteroatoms. The van der Waals surface area contributed by atoms with Crippen LogP contribution in [0.2, 0.25) is 0 Å². The fourth-order valence-electron chi connectivity index (χ4n) is 4.93. The van der Waals surface area contributed by atoms with Gasteiger partial charge in [-0.05, 0) is 51.5 Å². The Bertz CT molecular complexity index is 1160. The molecule has 0 fully saturated rings. The molecule has 164 valence electrons. The van der Waals surface area contributed by atoms with Gasteiger partial charge in [-0.2, -0.15) is 0 Å². The highest BCUT2D eigenvalue weighted by molar-refractivity contribution is 5.48. The van der Waals surface area contributed by atoms with E-state index in [-0.39, 0.29) is 27.8 Å². The van der Waals surface area contributed by atoms with Gasteiger partial charge in [-0.25, -0.2) is 4.79 Å². The zero-order chi connectivity index (χ0) is 22.6. The standard InChI is InChI=1S/C27H34N2O2/c1-25(2)13-14-26(3,4)21-16-19(11-12-20(21)25)27(5,6)18-9-7-17(8-10-18)15-22-23(30)29-24(31)28-22/h7-12,16,30H,13-15H2,1-6H3,(H2,28,29,31). The molecular formula is C27H34N2O2. The molecular weight excluding hydrogens is 384 g/mol. The zero-order valence-electron chi connectivity index (χ0n) is 19.5. The molecule has 3 N–H and O–H groups in total. The van der Waals surface area contributed by atoms with Crippen LogP contribution in [0.1, 0.15) is 87.9 Å². The Kier molecular flexibility index (Phi) is 4.95. The predicted octanol–water partition coefficient (Wildman–Crippen LogP) is 5.67. The first-order valence-corrected chi connectivity index (χ1v) is 11.2. The Labute approximate surface area is 184 Å². The van der Waals surface area contributed by atoms with Crippen LogP contribution in [-0.2, 0) is 22.7 Å². The minimum atomic E-state index is -0.385. The van der Waals surface area contributed by atoms with E-state index in [1.165, 1.54) is 35.1 Å². The molecule has 4 nitrogen and oxygen atoms in total. The fraction of sp³-hybridized carbons (Fsp3) is 0.444. The van der Waals surface area contributed by atoms with Crippen molar-refractivity contribution in [1.29, 1.82) is 0 Å². The van der Waals surface area contributed by atoms with Gasteiger partial charge in [0, 0.05) is 11.8 Å². The third-order valence-electron chi connectivity index (χ3n) is 7.41. The number of aromatic nitrogens is 2. The number of imidazole rings is 1. The highest BCUT2D eigenvalue weighted by Gasteiger charge is 2.38. The molecule has 0 bridgehead atoms. The van der Waals surface area contributed by atoms with E-state index in [9.17, 15) is 9.90 Å². The number of rotatable bonds is 4. The molecule has 2 aromatic carbocycles. The predicted molar refractivity (Wildman–Crippen MR) is 126 cm³/mol. The van der Waals surface area contributed by atoms with Crippen molar-refractivity contribution in [1.82, 2.24) is 9.97 Å².